The van der Waals surface area contributed by atoms with E-state index in [4.69, 9.17) is 15.2 Å². The van der Waals surface area contributed by atoms with Crippen LogP contribution in [0.4, 0.5) is 5.69 Å². The van der Waals surface area contributed by atoms with Gasteiger partial charge in [-0.3, -0.25) is 4.90 Å². The van der Waals surface area contributed by atoms with Crippen molar-refractivity contribution in [2.75, 3.05) is 32.0 Å². The summed E-state index contributed by atoms with van der Waals surface area (Å²) in [5, 5.41) is 0. The molecule has 0 unspecified atom stereocenters. The number of hydrogen-bond donors (Lipinski definition) is 1. The van der Waals surface area contributed by atoms with Gasteiger partial charge >= 0.3 is 0 Å². The minimum absolute atomic E-state index is 0.608. The number of benzene rings is 1. The van der Waals surface area contributed by atoms with Crippen LogP contribution in [0.25, 0.3) is 0 Å². The predicted octanol–water partition coefficient (Wildman–Crippen LogP) is 3.05. The van der Waals surface area contributed by atoms with E-state index in [1.165, 1.54) is 38.8 Å². The fourth-order valence-electron chi connectivity index (χ4n) is 3.37. The normalized spacial score (nSPS) is 19.7. The molecule has 1 fully saturated rings. The molecule has 0 amide bonds. The van der Waals surface area contributed by atoms with Crippen LogP contribution in [0.2, 0.25) is 0 Å². The molecular weight excluding hydrogens is 264 g/mol. The van der Waals surface area contributed by atoms with E-state index in [1.807, 2.05) is 6.07 Å². The molecule has 0 aliphatic carbocycles. The van der Waals surface area contributed by atoms with Gasteiger partial charge in [-0.25, -0.2) is 0 Å². The van der Waals surface area contributed by atoms with Crippen molar-refractivity contribution in [2.24, 2.45) is 5.92 Å². The summed E-state index contributed by atoms with van der Waals surface area (Å²) in [7, 11) is 0. The molecule has 0 saturated carbocycles. The van der Waals surface area contributed by atoms with E-state index in [9.17, 15) is 0 Å². The van der Waals surface area contributed by atoms with Gasteiger partial charge in [-0.2, -0.15) is 0 Å². The van der Waals surface area contributed by atoms with Gasteiger partial charge in [0.15, 0.2) is 11.5 Å². The van der Waals surface area contributed by atoms with E-state index in [1.54, 1.807) is 0 Å². The van der Waals surface area contributed by atoms with Crippen molar-refractivity contribution < 1.29 is 9.47 Å². The van der Waals surface area contributed by atoms with Crippen LogP contribution >= 0.6 is 0 Å². The first kappa shape index (κ1) is 14.5. The van der Waals surface area contributed by atoms with Gasteiger partial charge < -0.3 is 15.2 Å². The van der Waals surface area contributed by atoms with Gasteiger partial charge in [0, 0.05) is 18.3 Å². The second kappa shape index (κ2) is 6.56. The number of ether oxygens (including phenoxy) is 2. The Kier molecular flexibility index (Phi) is 4.54. The smallest absolute Gasteiger partial charge is 0.163 e. The lowest BCUT2D eigenvalue weighted by Gasteiger charge is -2.32. The minimum Gasteiger partial charge on any atom is -0.486 e. The molecule has 0 spiro atoms. The number of nitrogens with zero attached hydrogens (tertiary/aromatic N) is 1. The minimum atomic E-state index is 0.608. The van der Waals surface area contributed by atoms with Gasteiger partial charge in [0.1, 0.15) is 13.2 Å². The van der Waals surface area contributed by atoms with E-state index in [-0.39, 0.29) is 0 Å². The molecule has 1 aromatic carbocycles. The Hall–Kier alpha value is -1.42. The average Bonchev–Trinajstić information content (AvgIpc) is 2.50. The topological polar surface area (TPSA) is 47.7 Å². The van der Waals surface area contributed by atoms with Crippen molar-refractivity contribution in [1.29, 1.82) is 0 Å². The second-order valence-corrected chi connectivity index (χ2v) is 6.20. The lowest BCUT2D eigenvalue weighted by Crippen LogP contribution is -2.33. The molecule has 3 rings (SSSR count). The van der Waals surface area contributed by atoms with Crippen LogP contribution in [-0.2, 0) is 6.54 Å². The van der Waals surface area contributed by atoms with Crippen LogP contribution in [0.1, 0.15) is 38.2 Å². The molecule has 0 atom stereocenters. The molecular formula is C17H26N2O2. The first-order chi connectivity index (χ1) is 10.3. The van der Waals surface area contributed by atoms with Crippen LogP contribution in [0.3, 0.4) is 0 Å². The highest BCUT2D eigenvalue weighted by Crippen LogP contribution is 2.35. The maximum atomic E-state index is 6.17. The van der Waals surface area contributed by atoms with Crippen LogP contribution in [-0.4, -0.2) is 31.2 Å². The molecule has 1 saturated heterocycles. The third-order valence-electron chi connectivity index (χ3n) is 4.60. The second-order valence-electron chi connectivity index (χ2n) is 6.20. The van der Waals surface area contributed by atoms with Gasteiger partial charge in [0.05, 0.1) is 0 Å². The molecule has 1 aromatic rings. The molecule has 4 nitrogen and oxygen atoms in total. The Morgan fingerprint density at radius 1 is 1.14 bits per heavy atom. The largest absolute Gasteiger partial charge is 0.486 e. The zero-order valence-electron chi connectivity index (χ0n) is 12.9. The SMILES string of the molecule is CCCC1CCN(Cc2cc3c(cc2N)OCCO3)CC1. The molecule has 0 bridgehead atoms. The third-order valence-corrected chi connectivity index (χ3v) is 4.60. The summed E-state index contributed by atoms with van der Waals surface area (Å²) in [6.07, 6.45) is 5.32. The van der Waals surface area contributed by atoms with Crippen LogP contribution in [0.15, 0.2) is 12.1 Å². The van der Waals surface area contributed by atoms with Crippen molar-refractivity contribution >= 4 is 5.69 Å². The molecule has 2 aliphatic heterocycles. The summed E-state index contributed by atoms with van der Waals surface area (Å²) in [4.78, 5) is 2.51. The van der Waals surface area contributed by atoms with E-state index in [0.29, 0.717) is 13.2 Å². The highest BCUT2D eigenvalue weighted by molar-refractivity contribution is 5.58. The van der Waals surface area contributed by atoms with Crippen molar-refractivity contribution in [3.63, 3.8) is 0 Å². The molecule has 4 heteroatoms. The zero-order valence-corrected chi connectivity index (χ0v) is 12.9. The standard InChI is InChI=1S/C17H26N2O2/c1-2-3-13-4-6-19(7-5-13)12-14-10-16-17(11-15(14)18)21-9-8-20-16/h10-11,13H,2-9,12,18H2,1H3. The molecule has 0 aromatic heterocycles. The van der Waals surface area contributed by atoms with Crippen molar-refractivity contribution in [3.05, 3.63) is 17.7 Å². The summed E-state index contributed by atoms with van der Waals surface area (Å²) in [6, 6.07) is 3.97. The summed E-state index contributed by atoms with van der Waals surface area (Å²) in [5.74, 6) is 2.54. The highest BCUT2D eigenvalue weighted by atomic mass is 16.6. The fourth-order valence-corrected chi connectivity index (χ4v) is 3.37. The van der Waals surface area contributed by atoms with Crippen molar-refractivity contribution in [2.45, 2.75) is 39.2 Å². The van der Waals surface area contributed by atoms with Gasteiger partial charge in [0.25, 0.3) is 0 Å². The summed E-state index contributed by atoms with van der Waals surface area (Å²) in [5.41, 5.74) is 8.15. The molecule has 0 radical (unpaired) electrons. The maximum Gasteiger partial charge on any atom is 0.163 e. The Balaban J connectivity index is 1.63. The molecule has 116 valence electrons. The number of hydrogen-bond acceptors (Lipinski definition) is 4. The van der Waals surface area contributed by atoms with E-state index < -0.39 is 0 Å². The zero-order chi connectivity index (χ0) is 14.7. The average molecular weight is 290 g/mol. The Morgan fingerprint density at radius 2 is 1.81 bits per heavy atom. The first-order valence-electron chi connectivity index (χ1n) is 8.16. The van der Waals surface area contributed by atoms with E-state index >= 15 is 0 Å². The van der Waals surface area contributed by atoms with Gasteiger partial charge in [-0.05, 0) is 43.5 Å². The summed E-state index contributed by atoms with van der Waals surface area (Å²) in [6.45, 7) is 6.79. The number of anilines is 1. The lowest BCUT2D eigenvalue weighted by atomic mass is 9.92. The number of piperidine rings is 1. The third kappa shape index (κ3) is 3.43. The van der Waals surface area contributed by atoms with E-state index in [2.05, 4.69) is 17.9 Å². The monoisotopic (exact) mass is 290 g/mol. The number of likely N-dealkylation sites (tertiary alicyclic amines) is 1. The van der Waals surface area contributed by atoms with Crippen LogP contribution in [0.5, 0.6) is 11.5 Å². The number of nitrogen functional groups attached to an aromatic ring is 1. The first-order valence-corrected chi connectivity index (χ1v) is 8.16. The van der Waals surface area contributed by atoms with Crippen molar-refractivity contribution in [1.82, 2.24) is 4.90 Å². The molecule has 21 heavy (non-hydrogen) atoms. The Morgan fingerprint density at radius 3 is 2.48 bits per heavy atom. The maximum absolute atomic E-state index is 6.17. The van der Waals surface area contributed by atoms with Gasteiger partial charge in [-0.15, -0.1) is 0 Å². The molecule has 2 heterocycles. The number of rotatable bonds is 4. The number of fused-ring (bicyclic) bond motifs is 1. The highest BCUT2D eigenvalue weighted by Gasteiger charge is 2.20. The quantitative estimate of drug-likeness (QED) is 0.866. The van der Waals surface area contributed by atoms with Crippen LogP contribution < -0.4 is 15.2 Å². The van der Waals surface area contributed by atoms with Gasteiger partial charge in [-0.1, -0.05) is 19.8 Å². The fraction of sp³-hybridized carbons (Fsp3) is 0.647. The molecule has 2 aliphatic rings. The molecule has 2 N–H and O–H groups in total. The lowest BCUT2D eigenvalue weighted by molar-refractivity contribution is 0.166. The Labute approximate surface area is 127 Å². The summed E-state index contributed by atoms with van der Waals surface area (Å²) >= 11 is 0. The predicted molar refractivity (Wildman–Crippen MR) is 84.8 cm³/mol. The van der Waals surface area contributed by atoms with Crippen molar-refractivity contribution in [3.8, 4) is 11.5 Å². The van der Waals surface area contributed by atoms with Gasteiger partial charge in [0.2, 0.25) is 0 Å². The Bertz CT molecular complexity index is 482. The number of nitrogens with two attached hydrogens (primary N) is 1. The van der Waals surface area contributed by atoms with E-state index in [0.717, 1.165) is 35.2 Å². The summed E-state index contributed by atoms with van der Waals surface area (Å²) < 4.78 is 11.2. The van der Waals surface area contributed by atoms with Crippen LogP contribution in [0, 0.1) is 5.92 Å².